The summed E-state index contributed by atoms with van der Waals surface area (Å²) >= 11 is 0. The number of benzene rings is 1. The van der Waals surface area contributed by atoms with Crippen LogP contribution >= 0.6 is 0 Å². The molecule has 0 saturated carbocycles. The number of amides is 1. The zero-order chi connectivity index (χ0) is 18.2. The molecule has 0 aromatic heterocycles. The summed E-state index contributed by atoms with van der Waals surface area (Å²) in [5.74, 6) is -0.592. The Morgan fingerprint density at radius 1 is 1.32 bits per heavy atom. The van der Waals surface area contributed by atoms with Gasteiger partial charge in [-0.05, 0) is 18.4 Å². The van der Waals surface area contributed by atoms with Crippen molar-refractivity contribution in [2.45, 2.75) is 38.5 Å². The number of carbonyl (C=O) groups excluding carboxylic acids is 2. The number of ether oxygens (including phenoxy) is 1. The summed E-state index contributed by atoms with van der Waals surface area (Å²) in [5.41, 5.74) is 0.909. The first-order valence-electron chi connectivity index (χ1n) is 8.22. The Hall–Kier alpha value is -2.43. The lowest BCUT2D eigenvalue weighted by Gasteiger charge is -2.39. The highest BCUT2D eigenvalue weighted by Crippen LogP contribution is 2.21. The summed E-state index contributed by atoms with van der Waals surface area (Å²) in [6.07, 6.45) is 1.22. The van der Waals surface area contributed by atoms with E-state index in [0.29, 0.717) is 19.4 Å². The average molecular weight is 345 g/mol. The van der Waals surface area contributed by atoms with Gasteiger partial charge in [-0.25, -0.2) is 5.06 Å². The van der Waals surface area contributed by atoms with E-state index in [1.165, 1.54) is 19.1 Å². The summed E-state index contributed by atoms with van der Waals surface area (Å²) in [6, 6.07) is 11.1. The van der Waals surface area contributed by atoms with Crippen LogP contribution in [0.4, 0.5) is 0 Å². The van der Waals surface area contributed by atoms with Crippen molar-refractivity contribution in [3.8, 4) is 6.07 Å². The molecular formula is C18H23N3O4. The predicted octanol–water partition coefficient (Wildman–Crippen LogP) is 1.50. The third kappa shape index (κ3) is 5.28. The first-order valence-corrected chi connectivity index (χ1v) is 8.22. The Morgan fingerprint density at radius 2 is 2.04 bits per heavy atom. The Labute approximate surface area is 147 Å². The number of nitrogens with zero attached hydrogens (tertiary/aromatic N) is 3. The number of esters is 1. The maximum absolute atomic E-state index is 12.1. The molecule has 1 amide bonds. The number of hydrogen-bond donors (Lipinski definition) is 0. The summed E-state index contributed by atoms with van der Waals surface area (Å²) in [5, 5.41) is 10.6. The Kier molecular flexibility index (Phi) is 6.92. The Morgan fingerprint density at radius 3 is 2.64 bits per heavy atom. The van der Waals surface area contributed by atoms with Gasteiger partial charge in [0.15, 0.2) is 0 Å². The van der Waals surface area contributed by atoms with Crippen LogP contribution in [0.1, 0.15) is 25.3 Å². The van der Waals surface area contributed by atoms with E-state index in [1.807, 2.05) is 30.3 Å². The molecule has 1 aromatic carbocycles. The molecule has 2 atom stereocenters. The van der Waals surface area contributed by atoms with Gasteiger partial charge in [-0.3, -0.25) is 19.3 Å². The van der Waals surface area contributed by atoms with Crippen molar-refractivity contribution in [3.63, 3.8) is 0 Å². The van der Waals surface area contributed by atoms with Crippen LogP contribution in [-0.2, 0) is 25.8 Å². The van der Waals surface area contributed by atoms with Gasteiger partial charge < -0.3 is 4.74 Å². The maximum atomic E-state index is 12.1. The third-order valence-electron chi connectivity index (χ3n) is 4.22. The molecule has 1 aliphatic heterocycles. The number of nitriles is 1. The van der Waals surface area contributed by atoms with Crippen LogP contribution in [0, 0.1) is 11.3 Å². The highest BCUT2D eigenvalue weighted by atomic mass is 16.7. The minimum Gasteiger partial charge on any atom is -0.460 e. The van der Waals surface area contributed by atoms with Crippen LogP contribution in [0.2, 0.25) is 0 Å². The van der Waals surface area contributed by atoms with E-state index >= 15 is 0 Å². The van der Waals surface area contributed by atoms with Gasteiger partial charge >= 0.3 is 5.97 Å². The molecular weight excluding hydrogens is 322 g/mol. The number of rotatable bonds is 6. The van der Waals surface area contributed by atoms with Crippen LogP contribution in [-0.4, -0.2) is 54.1 Å². The van der Waals surface area contributed by atoms with Gasteiger partial charge in [0.25, 0.3) is 0 Å². The fourth-order valence-corrected chi connectivity index (χ4v) is 3.02. The fourth-order valence-electron chi connectivity index (χ4n) is 3.02. The van der Waals surface area contributed by atoms with E-state index in [1.54, 1.807) is 4.90 Å². The lowest BCUT2D eigenvalue weighted by atomic mass is 9.98. The Balaban J connectivity index is 1.93. The summed E-state index contributed by atoms with van der Waals surface area (Å²) in [7, 11) is 1.44. The van der Waals surface area contributed by atoms with Crippen molar-refractivity contribution in [2.75, 3.05) is 20.2 Å². The highest BCUT2D eigenvalue weighted by Gasteiger charge is 2.34. The number of piperidine rings is 1. The number of likely N-dealkylation sites (tertiary alicyclic amines) is 1. The second-order valence-corrected chi connectivity index (χ2v) is 5.98. The van der Waals surface area contributed by atoms with Crippen LogP contribution in [0.15, 0.2) is 30.3 Å². The summed E-state index contributed by atoms with van der Waals surface area (Å²) < 4.78 is 5.29. The maximum Gasteiger partial charge on any atom is 0.320 e. The molecule has 0 N–H and O–H groups in total. The van der Waals surface area contributed by atoms with Crippen molar-refractivity contribution in [3.05, 3.63) is 35.9 Å². The summed E-state index contributed by atoms with van der Waals surface area (Å²) in [6.45, 7) is 2.03. The lowest BCUT2D eigenvalue weighted by molar-refractivity contribution is -0.192. The molecule has 0 bridgehead atoms. The van der Waals surface area contributed by atoms with E-state index in [0.717, 1.165) is 5.56 Å². The van der Waals surface area contributed by atoms with Crippen LogP contribution < -0.4 is 0 Å². The van der Waals surface area contributed by atoms with Gasteiger partial charge in [0.05, 0.1) is 31.8 Å². The van der Waals surface area contributed by atoms with Gasteiger partial charge in [0.1, 0.15) is 6.61 Å². The molecule has 0 spiro atoms. The number of hydroxylamine groups is 2. The quantitative estimate of drug-likeness (QED) is 0.574. The van der Waals surface area contributed by atoms with Crippen LogP contribution in [0.25, 0.3) is 0 Å². The minimum atomic E-state index is -0.392. The predicted molar refractivity (Wildman–Crippen MR) is 89.8 cm³/mol. The highest BCUT2D eigenvalue weighted by molar-refractivity contribution is 5.73. The topological polar surface area (TPSA) is 82.9 Å². The molecule has 25 heavy (non-hydrogen) atoms. The molecule has 2 unspecified atom stereocenters. The molecule has 0 aliphatic carbocycles. The van der Waals surface area contributed by atoms with E-state index in [2.05, 4.69) is 6.07 Å². The first kappa shape index (κ1) is 18.9. The Bertz CT molecular complexity index is 629. The van der Waals surface area contributed by atoms with Crippen molar-refractivity contribution in [1.82, 2.24) is 9.96 Å². The monoisotopic (exact) mass is 345 g/mol. The van der Waals surface area contributed by atoms with E-state index in [4.69, 9.17) is 9.57 Å². The van der Waals surface area contributed by atoms with Crippen LogP contribution in [0.3, 0.4) is 0 Å². The van der Waals surface area contributed by atoms with Crippen molar-refractivity contribution < 1.29 is 19.2 Å². The molecule has 0 radical (unpaired) electrons. The van der Waals surface area contributed by atoms with Gasteiger partial charge in [-0.15, -0.1) is 0 Å². The van der Waals surface area contributed by atoms with Crippen molar-refractivity contribution >= 4 is 11.9 Å². The molecule has 1 heterocycles. The minimum absolute atomic E-state index is 0.0109. The van der Waals surface area contributed by atoms with Crippen molar-refractivity contribution in [1.29, 1.82) is 5.26 Å². The number of hydrogen-bond acceptors (Lipinski definition) is 6. The van der Waals surface area contributed by atoms with Crippen LogP contribution in [0.5, 0.6) is 0 Å². The zero-order valence-corrected chi connectivity index (χ0v) is 14.6. The van der Waals surface area contributed by atoms with Gasteiger partial charge in [-0.1, -0.05) is 30.3 Å². The molecule has 7 nitrogen and oxygen atoms in total. The SMILES string of the molecule is CON(C(C)=O)C1CCC(C#N)N(CC(=O)OCc2ccccc2)C1. The second kappa shape index (κ2) is 9.16. The number of carbonyl (C=O) groups is 2. The molecule has 1 fully saturated rings. The van der Waals surface area contributed by atoms with E-state index < -0.39 is 5.97 Å². The van der Waals surface area contributed by atoms with Gasteiger partial charge in [-0.2, -0.15) is 5.26 Å². The smallest absolute Gasteiger partial charge is 0.320 e. The molecule has 2 rings (SSSR count). The molecule has 1 aliphatic rings. The first-order chi connectivity index (χ1) is 12.0. The molecule has 1 saturated heterocycles. The largest absolute Gasteiger partial charge is 0.460 e. The zero-order valence-electron chi connectivity index (χ0n) is 14.6. The molecule has 7 heteroatoms. The third-order valence-corrected chi connectivity index (χ3v) is 4.22. The fraction of sp³-hybridized carbons (Fsp3) is 0.500. The second-order valence-electron chi connectivity index (χ2n) is 5.98. The average Bonchev–Trinajstić information content (AvgIpc) is 2.61. The van der Waals surface area contributed by atoms with Crippen molar-refractivity contribution in [2.24, 2.45) is 0 Å². The lowest BCUT2D eigenvalue weighted by Crippen LogP contribution is -2.53. The normalized spacial score (nSPS) is 20.5. The molecule has 134 valence electrons. The summed E-state index contributed by atoms with van der Waals surface area (Å²) in [4.78, 5) is 30.7. The van der Waals surface area contributed by atoms with Gasteiger partial charge in [0.2, 0.25) is 5.91 Å². The van der Waals surface area contributed by atoms with Gasteiger partial charge in [0, 0.05) is 13.5 Å². The molecule has 1 aromatic rings. The van der Waals surface area contributed by atoms with E-state index in [9.17, 15) is 14.9 Å². The standard InChI is InChI=1S/C18H23N3O4/c1-14(22)21(24-2)17-9-8-16(10-19)20(11-17)12-18(23)25-13-15-6-4-3-5-7-15/h3-7,16-17H,8-9,11-13H2,1-2H3. The van der Waals surface area contributed by atoms with E-state index in [-0.39, 0.29) is 31.1 Å².